The molecule has 0 saturated carbocycles. The van der Waals surface area contributed by atoms with Crippen molar-refractivity contribution < 1.29 is 0 Å². The lowest BCUT2D eigenvalue weighted by atomic mass is 10.2. The first-order valence-electron chi connectivity index (χ1n) is 9.42. The molecule has 2 heterocycles. The van der Waals surface area contributed by atoms with Crippen molar-refractivity contribution in [1.82, 2.24) is 9.55 Å². The second-order valence-electron chi connectivity index (χ2n) is 6.82. The summed E-state index contributed by atoms with van der Waals surface area (Å²) in [6, 6.07) is 28.5. The molecule has 0 N–H and O–H groups in total. The van der Waals surface area contributed by atoms with Gasteiger partial charge in [-0.05, 0) is 17.2 Å². The first kappa shape index (κ1) is 18.2. The third-order valence-corrected chi connectivity index (χ3v) is 7.04. The molecule has 0 saturated heterocycles. The Morgan fingerprint density at radius 3 is 2.24 bits per heavy atom. The van der Waals surface area contributed by atoms with E-state index in [2.05, 4.69) is 18.2 Å². The maximum absolute atomic E-state index is 13.5. The van der Waals surface area contributed by atoms with E-state index in [-0.39, 0.29) is 5.56 Å². The van der Waals surface area contributed by atoms with Crippen molar-refractivity contribution in [3.8, 4) is 0 Å². The molecule has 3 nitrogen and oxygen atoms in total. The summed E-state index contributed by atoms with van der Waals surface area (Å²) in [5, 5.41) is 1.82. The molecule has 29 heavy (non-hydrogen) atoms. The van der Waals surface area contributed by atoms with E-state index in [0.717, 1.165) is 36.8 Å². The zero-order chi connectivity index (χ0) is 19.6. The number of thioether (sulfide) groups is 1. The minimum Gasteiger partial charge on any atom is -0.282 e. The summed E-state index contributed by atoms with van der Waals surface area (Å²) < 4.78 is 3.65. The van der Waals surface area contributed by atoms with Gasteiger partial charge in [-0.1, -0.05) is 90.6 Å². The van der Waals surface area contributed by atoms with Crippen LogP contribution in [-0.2, 0) is 12.3 Å². The molecule has 0 unspecified atom stereocenters. The Kier molecular flexibility index (Phi) is 4.92. The Labute approximate surface area is 176 Å². The van der Waals surface area contributed by atoms with Gasteiger partial charge in [0.05, 0.1) is 12.1 Å². The number of nitrogens with zero attached hydrogens (tertiary/aromatic N) is 2. The van der Waals surface area contributed by atoms with Crippen LogP contribution in [0.2, 0.25) is 0 Å². The van der Waals surface area contributed by atoms with Crippen LogP contribution in [0, 0.1) is 0 Å². The molecule has 2 aromatic heterocycles. The molecule has 0 aliphatic heterocycles. The number of rotatable bonds is 5. The van der Waals surface area contributed by atoms with Crippen molar-refractivity contribution in [3.05, 3.63) is 106 Å². The topological polar surface area (TPSA) is 34.9 Å². The SMILES string of the molecule is O=c1c2sc3ccccc3c2nc(SCc2ccccc2)n1Cc1ccccc1. The summed E-state index contributed by atoms with van der Waals surface area (Å²) in [4.78, 5) is 18.4. The highest BCUT2D eigenvalue weighted by Gasteiger charge is 2.16. The van der Waals surface area contributed by atoms with Crippen molar-refractivity contribution in [2.75, 3.05) is 0 Å². The molecule has 0 fully saturated rings. The number of benzene rings is 3. The fraction of sp³-hybridized carbons (Fsp3) is 0.0833. The second-order valence-corrected chi connectivity index (χ2v) is 8.82. The Morgan fingerprint density at radius 1 is 0.828 bits per heavy atom. The van der Waals surface area contributed by atoms with E-state index >= 15 is 0 Å². The van der Waals surface area contributed by atoms with Crippen molar-refractivity contribution in [1.29, 1.82) is 0 Å². The summed E-state index contributed by atoms with van der Waals surface area (Å²) in [7, 11) is 0. The minimum absolute atomic E-state index is 0.0376. The lowest BCUT2D eigenvalue weighted by Crippen LogP contribution is -2.23. The molecule has 5 rings (SSSR count). The Morgan fingerprint density at radius 2 is 1.48 bits per heavy atom. The second kappa shape index (κ2) is 7.85. The highest BCUT2D eigenvalue weighted by Crippen LogP contribution is 2.32. The van der Waals surface area contributed by atoms with Crippen LogP contribution in [0.3, 0.4) is 0 Å². The van der Waals surface area contributed by atoms with Gasteiger partial charge in [0.25, 0.3) is 5.56 Å². The first-order valence-corrected chi connectivity index (χ1v) is 11.2. The van der Waals surface area contributed by atoms with Gasteiger partial charge in [0.15, 0.2) is 5.16 Å². The van der Waals surface area contributed by atoms with E-state index in [1.165, 1.54) is 16.9 Å². The summed E-state index contributed by atoms with van der Waals surface area (Å²) in [5.41, 5.74) is 3.16. The molecule has 0 aliphatic rings. The van der Waals surface area contributed by atoms with E-state index in [1.54, 1.807) is 11.8 Å². The molecule has 0 aliphatic carbocycles. The fourth-order valence-electron chi connectivity index (χ4n) is 3.39. The van der Waals surface area contributed by atoms with E-state index in [4.69, 9.17) is 4.98 Å². The fourth-order valence-corrected chi connectivity index (χ4v) is 5.43. The molecule has 0 radical (unpaired) electrons. The third kappa shape index (κ3) is 3.59. The van der Waals surface area contributed by atoms with Gasteiger partial charge in [-0.15, -0.1) is 11.3 Å². The van der Waals surface area contributed by atoms with Crippen LogP contribution in [0.1, 0.15) is 11.1 Å². The molecule has 0 amide bonds. The van der Waals surface area contributed by atoms with Crippen molar-refractivity contribution in [2.45, 2.75) is 17.5 Å². The van der Waals surface area contributed by atoms with Crippen LogP contribution < -0.4 is 5.56 Å². The van der Waals surface area contributed by atoms with Gasteiger partial charge < -0.3 is 0 Å². The van der Waals surface area contributed by atoms with Crippen molar-refractivity contribution in [2.24, 2.45) is 0 Å². The van der Waals surface area contributed by atoms with Gasteiger partial charge in [0.2, 0.25) is 0 Å². The zero-order valence-corrected chi connectivity index (χ0v) is 17.2. The molecule has 5 aromatic rings. The average Bonchev–Trinajstić information content (AvgIpc) is 3.15. The highest BCUT2D eigenvalue weighted by atomic mass is 32.2. The lowest BCUT2D eigenvalue weighted by Gasteiger charge is -2.12. The normalized spacial score (nSPS) is 11.3. The van der Waals surface area contributed by atoms with E-state index in [1.807, 2.05) is 71.3 Å². The maximum atomic E-state index is 13.5. The van der Waals surface area contributed by atoms with Crippen LogP contribution in [0.5, 0.6) is 0 Å². The van der Waals surface area contributed by atoms with Crippen LogP contribution >= 0.6 is 23.1 Å². The predicted molar refractivity (Wildman–Crippen MR) is 123 cm³/mol. The van der Waals surface area contributed by atoms with E-state index in [0.29, 0.717) is 6.54 Å². The molecule has 0 bridgehead atoms. The highest BCUT2D eigenvalue weighted by molar-refractivity contribution is 7.98. The Bertz CT molecular complexity index is 1340. The zero-order valence-electron chi connectivity index (χ0n) is 15.6. The summed E-state index contributed by atoms with van der Waals surface area (Å²) in [6.45, 7) is 0.522. The van der Waals surface area contributed by atoms with Gasteiger partial charge in [0, 0.05) is 15.8 Å². The molecule has 0 spiro atoms. The molecular formula is C24H18N2OS2. The van der Waals surface area contributed by atoms with Crippen LogP contribution in [0.15, 0.2) is 94.9 Å². The minimum atomic E-state index is 0.0376. The monoisotopic (exact) mass is 414 g/mol. The van der Waals surface area contributed by atoms with Gasteiger partial charge >= 0.3 is 0 Å². The Hall–Kier alpha value is -2.89. The third-order valence-electron chi connectivity index (χ3n) is 4.84. The van der Waals surface area contributed by atoms with Crippen LogP contribution in [0.25, 0.3) is 20.3 Å². The molecule has 142 valence electrons. The van der Waals surface area contributed by atoms with Crippen molar-refractivity contribution >= 4 is 43.4 Å². The summed E-state index contributed by atoms with van der Waals surface area (Å²) in [6.07, 6.45) is 0. The van der Waals surface area contributed by atoms with Crippen molar-refractivity contribution in [3.63, 3.8) is 0 Å². The van der Waals surface area contributed by atoms with Crippen LogP contribution in [0.4, 0.5) is 0 Å². The quantitative estimate of drug-likeness (QED) is 0.263. The molecule has 3 aromatic carbocycles. The first-order chi connectivity index (χ1) is 14.3. The molecular weight excluding hydrogens is 396 g/mol. The van der Waals surface area contributed by atoms with Gasteiger partial charge in [-0.2, -0.15) is 0 Å². The number of hydrogen-bond acceptors (Lipinski definition) is 4. The van der Waals surface area contributed by atoms with E-state index < -0.39 is 0 Å². The van der Waals surface area contributed by atoms with E-state index in [9.17, 15) is 4.79 Å². The summed E-state index contributed by atoms with van der Waals surface area (Å²) >= 11 is 3.15. The number of aromatic nitrogens is 2. The van der Waals surface area contributed by atoms with Gasteiger partial charge in [0.1, 0.15) is 4.70 Å². The molecule has 5 heteroatoms. The predicted octanol–water partition coefficient (Wildman–Crippen LogP) is 5.95. The smallest absolute Gasteiger partial charge is 0.272 e. The maximum Gasteiger partial charge on any atom is 0.272 e. The number of thiophene rings is 1. The van der Waals surface area contributed by atoms with Gasteiger partial charge in [-0.3, -0.25) is 9.36 Å². The number of hydrogen-bond donors (Lipinski definition) is 0. The lowest BCUT2D eigenvalue weighted by molar-refractivity contribution is 0.659. The van der Waals surface area contributed by atoms with Crippen LogP contribution in [-0.4, -0.2) is 9.55 Å². The standard InChI is InChI=1S/C24H18N2OS2/c27-23-22-21(19-13-7-8-14-20(19)29-22)25-24(28-16-18-11-5-2-6-12-18)26(23)15-17-9-3-1-4-10-17/h1-14H,15-16H2. The number of fused-ring (bicyclic) bond motifs is 3. The average molecular weight is 415 g/mol. The molecule has 0 atom stereocenters. The summed E-state index contributed by atoms with van der Waals surface area (Å²) in [5.74, 6) is 0.773. The van der Waals surface area contributed by atoms with Gasteiger partial charge in [-0.25, -0.2) is 4.98 Å². The largest absolute Gasteiger partial charge is 0.282 e. The Balaban J connectivity index is 1.65.